The van der Waals surface area contributed by atoms with E-state index >= 15 is 0 Å². The maximum atomic E-state index is 5.54. The Balaban J connectivity index is 2.16. The number of hydrogen-bond acceptors (Lipinski definition) is 3. The van der Waals surface area contributed by atoms with Gasteiger partial charge in [-0.05, 0) is 36.4 Å². The second-order valence-corrected chi connectivity index (χ2v) is 2.76. The van der Waals surface area contributed by atoms with Crippen LogP contribution in [-0.2, 0) is 0 Å². The predicted octanol–water partition coefficient (Wildman–Crippen LogP) is 2.26. The minimum absolute atomic E-state index is 0.456. The van der Waals surface area contributed by atoms with Gasteiger partial charge in [0.1, 0.15) is 5.75 Å². The van der Waals surface area contributed by atoms with Crippen LogP contribution in [0.1, 0.15) is 0 Å². The average molecular weight is 185 g/mol. The molecule has 0 aliphatic rings. The van der Waals surface area contributed by atoms with Crippen LogP contribution in [0.3, 0.4) is 0 Å². The molecule has 2 N–H and O–H groups in total. The molecule has 0 bridgehead atoms. The van der Waals surface area contributed by atoms with E-state index in [-0.39, 0.29) is 0 Å². The first-order valence-electron chi connectivity index (χ1n) is 4.21. The molecule has 2 aromatic rings. The van der Waals surface area contributed by atoms with Crippen molar-refractivity contribution in [1.29, 1.82) is 0 Å². The zero-order valence-electron chi connectivity index (χ0n) is 7.47. The predicted molar refractivity (Wildman–Crippen MR) is 54.0 cm³/mol. The van der Waals surface area contributed by atoms with Gasteiger partial charge in [0, 0.05) is 18.0 Å². The van der Waals surface area contributed by atoms with Gasteiger partial charge in [0.2, 0.25) is 5.88 Å². The summed E-state index contributed by atoms with van der Waals surface area (Å²) in [7, 11) is 0. The van der Waals surface area contributed by atoms with E-state index in [4.69, 9.17) is 10.5 Å². The Hall–Kier alpha value is -2.03. The van der Waals surface area contributed by atoms with Crippen LogP contribution in [0.15, 0.2) is 42.6 Å². The first-order chi connectivity index (χ1) is 6.84. The average Bonchev–Trinajstić information content (AvgIpc) is 2.23. The van der Waals surface area contributed by atoms with Crippen molar-refractivity contribution < 1.29 is 4.74 Å². The van der Waals surface area contributed by atoms with Gasteiger partial charge in [-0.15, -0.1) is 0 Å². The molecule has 69 valence electrons. The smallest absolute Gasteiger partial charge is 0.227 e. The largest absolute Gasteiger partial charge is 0.438 e. The van der Waals surface area contributed by atoms with Crippen LogP contribution in [0.4, 0.5) is 5.69 Å². The molecule has 1 aromatic heterocycles. The summed E-state index contributed by atoms with van der Waals surface area (Å²) in [6, 6.07) is 13.5. The summed E-state index contributed by atoms with van der Waals surface area (Å²) in [6.07, 6.45) is 1.66. The quantitative estimate of drug-likeness (QED) is 0.730. The fourth-order valence-corrected chi connectivity index (χ4v) is 1.01. The van der Waals surface area contributed by atoms with Crippen molar-refractivity contribution in [3.63, 3.8) is 0 Å². The van der Waals surface area contributed by atoms with Crippen LogP contribution in [0.5, 0.6) is 11.6 Å². The molecule has 0 aliphatic carbocycles. The topological polar surface area (TPSA) is 48.1 Å². The molecule has 1 radical (unpaired) electrons. The summed E-state index contributed by atoms with van der Waals surface area (Å²) in [5, 5.41) is 0. The van der Waals surface area contributed by atoms with Crippen molar-refractivity contribution in [2.24, 2.45) is 0 Å². The Labute approximate surface area is 82.2 Å². The van der Waals surface area contributed by atoms with Gasteiger partial charge in [-0.2, -0.15) is 0 Å². The van der Waals surface area contributed by atoms with E-state index in [0.717, 1.165) is 0 Å². The molecule has 0 saturated heterocycles. The number of nitrogen functional groups attached to an aromatic ring is 1. The highest BCUT2D eigenvalue weighted by Crippen LogP contribution is 2.19. The number of anilines is 1. The van der Waals surface area contributed by atoms with E-state index in [1.165, 1.54) is 0 Å². The molecule has 0 atom stereocenters. The molecule has 0 amide bonds. The van der Waals surface area contributed by atoms with Gasteiger partial charge in [-0.25, -0.2) is 4.98 Å². The highest BCUT2D eigenvalue weighted by molar-refractivity contribution is 5.42. The number of benzene rings is 1. The Morgan fingerprint density at radius 2 is 2.00 bits per heavy atom. The zero-order chi connectivity index (χ0) is 9.80. The lowest BCUT2D eigenvalue weighted by Crippen LogP contribution is -1.88. The third kappa shape index (κ3) is 2.01. The fraction of sp³-hybridized carbons (Fsp3) is 0. The van der Waals surface area contributed by atoms with Crippen molar-refractivity contribution in [3.8, 4) is 11.6 Å². The SMILES string of the molecule is Nc1ccc(Oc2[c]cccn2)cc1. The van der Waals surface area contributed by atoms with E-state index in [9.17, 15) is 0 Å². The lowest BCUT2D eigenvalue weighted by molar-refractivity contribution is 0.462. The van der Waals surface area contributed by atoms with Gasteiger partial charge in [-0.1, -0.05) is 0 Å². The summed E-state index contributed by atoms with van der Waals surface area (Å²) < 4.78 is 5.41. The van der Waals surface area contributed by atoms with Gasteiger partial charge in [-0.3, -0.25) is 0 Å². The molecular weight excluding hydrogens is 176 g/mol. The molecular formula is C11H9N2O. The summed E-state index contributed by atoms with van der Waals surface area (Å²) in [5.74, 6) is 1.16. The van der Waals surface area contributed by atoms with Gasteiger partial charge in [0.25, 0.3) is 0 Å². The molecule has 3 nitrogen and oxygen atoms in total. The first-order valence-corrected chi connectivity index (χ1v) is 4.21. The molecule has 14 heavy (non-hydrogen) atoms. The Morgan fingerprint density at radius 3 is 2.64 bits per heavy atom. The van der Waals surface area contributed by atoms with E-state index < -0.39 is 0 Å². The van der Waals surface area contributed by atoms with E-state index in [0.29, 0.717) is 17.3 Å². The lowest BCUT2D eigenvalue weighted by atomic mass is 10.3. The minimum atomic E-state index is 0.456. The number of ether oxygens (including phenoxy) is 1. The number of rotatable bonds is 2. The van der Waals surface area contributed by atoms with E-state index in [1.807, 2.05) is 0 Å². The van der Waals surface area contributed by atoms with Crippen molar-refractivity contribution >= 4 is 5.69 Å². The van der Waals surface area contributed by atoms with Crippen molar-refractivity contribution in [1.82, 2.24) is 4.98 Å². The standard InChI is InChI=1S/C11H9N2O/c12-9-4-6-10(7-5-9)14-11-3-1-2-8-13-11/h1-2,4-8H,12H2. The number of nitrogens with zero attached hydrogens (tertiary/aromatic N) is 1. The maximum absolute atomic E-state index is 5.54. The third-order valence-corrected chi connectivity index (χ3v) is 1.68. The fourth-order valence-electron chi connectivity index (χ4n) is 1.01. The first kappa shape index (κ1) is 8.56. The van der Waals surface area contributed by atoms with Crippen LogP contribution in [-0.4, -0.2) is 4.98 Å². The summed E-state index contributed by atoms with van der Waals surface area (Å²) in [4.78, 5) is 3.99. The number of aromatic nitrogens is 1. The molecule has 1 heterocycles. The van der Waals surface area contributed by atoms with Crippen LogP contribution in [0.25, 0.3) is 0 Å². The lowest BCUT2D eigenvalue weighted by Gasteiger charge is -2.03. The highest BCUT2D eigenvalue weighted by Gasteiger charge is 1.96. The van der Waals surface area contributed by atoms with Crippen molar-refractivity contribution in [2.45, 2.75) is 0 Å². The summed E-state index contributed by atoms with van der Waals surface area (Å²) >= 11 is 0. The molecule has 0 aliphatic heterocycles. The maximum Gasteiger partial charge on any atom is 0.227 e. The monoisotopic (exact) mass is 185 g/mol. The molecule has 3 heteroatoms. The third-order valence-electron chi connectivity index (χ3n) is 1.68. The van der Waals surface area contributed by atoms with Crippen LogP contribution in [0.2, 0.25) is 0 Å². The molecule has 2 rings (SSSR count). The number of nitrogens with two attached hydrogens (primary N) is 1. The van der Waals surface area contributed by atoms with Gasteiger partial charge >= 0.3 is 0 Å². The number of pyridine rings is 1. The van der Waals surface area contributed by atoms with Crippen LogP contribution < -0.4 is 10.5 Å². The molecule has 0 unspecified atom stereocenters. The van der Waals surface area contributed by atoms with Gasteiger partial charge in [0.15, 0.2) is 0 Å². The Morgan fingerprint density at radius 1 is 1.21 bits per heavy atom. The van der Waals surface area contributed by atoms with Crippen molar-refractivity contribution in [2.75, 3.05) is 5.73 Å². The minimum Gasteiger partial charge on any atom is -0.438 e. The van der Waals surface area contributed by atoms with Gasteiger partial charge in [0.05, 0.1) is 0 Å². The van der Waals surface area contributed by atoms with Gasteiger partial charge < -0.3 is 10.5 Å². The summed E-state index contributed by atoms with van der Waals surface area (Å²) in [6.45, 7) is 0. The molecule has 0 saturated carbocycles. The molecule has 0 fully saturated rings. The Bertz CT molecular complexity index is 397. The van der Waals surface area contributed by atoms with Crippen LogP contribution in [0, 0.1) is 6.07 Å². The summed E-state index contributed by atoms with van der Waals surface area (Å²) in [5.41, 5.74) is 6.25. The number of hydrogen-bond donors (Lipinski definition) is 1. The second kappa shape index (κ2) is 3.79. The normalized spacial score (nSPS) is 9.71. The van der Waals surface area contributed by atoms with Crippen molar-refractivity contribution in [3.05, 3.63) is 48.7 Å². The van der Waals surface area contributed by atoms with E-state index in [2.05, 4.69) is 11.1 Å². The molecule has 1 aromatic carbocycles. The Kier molecular flexibility index (Phi) is 2.32. The zero-order valence-corrected chi connectivity index (χ0v) is 7.47. The van der Waals surface area contributed by atoms with Crippen LogP contribution >= 0.6 is 0 Å². The van der Waals surface area contributed by atoms with E-state index in [1.54, 1.807) is 42.6 Å². The molecule has 0 spiro atoms. The highest BCUT2D eigenvalue weighted by atomic mass is 16.5. The second-order valence-electron chi connectivity index (χ2n) is 2.76.